The second kappa shape index (κ2) is 6.60. The van der Waals surface area contributed by atoms with Crippen molar-refractivity contribution >= 4 is 10.9 Å². The molecule has 3 aromatic rings. The molecular formula is C21H25N3O. The Bertz CT molecular complexity index is 899. The van der Waals surface area contributed by atoms with Crippen LogP contribution in [0.15, 0.2) is 34.7 Å². The number of aryl methyl sites for hydroxylation is 2. The number of hydrogen-bond acceptors (Lipinski definition) is 4. The van der Waals surface area contributed by atoms with Crippen molar-refractivity contribution < 1.29 is 4.42 Å². The monoisotopic (exact) mass is 335 g/mol. The molecule has 2 aromatic heterocycles. The van der Waals surface area contributed by atoms with Crippen LogP contribution >= 0.6 is 0 Å². The van der Waals surface area contributed by atoms with Gasteiger partial charge in [-0.3, -0.25) is 0 Å². The van der Waals surface area contributed by atoms with Crippen molar-refractivity contribution in [2.24, 2.45) is 0 Å². The predicted molar refractivity (Wildman–Crippen MR) is 101 cm³/mol. The molecule has 4 nitrogen and oxygen atoms in total. The van der Waals surface area contributed by atoms with Crippen LogP contribution in [-0.2, 0) is 6.42 Å². The fourth-order valence-electron chi connectivity index (χ4n) is 3.82. The van der Waals surface area contributed by atoms with Gasteiger partial charge in [-0.1, -0.05) is 12.1 Å². The van der Waals surface area contributed by atoms with Gasteiger partial charge in [-0.05, 0) is 63.4 Å². The molecule has 0 saturated carbocycles. The van der Waals surface area contributed by atoms with E-state index in [2.05, 4.69) is 41.1 Å². The van der Waals surface area contributed by atoms with Crippen LogP contribution in [0, 0.1) is 13.8 Å². The van der Waals surface area contributed by atoms with Crippen molar-refractivity contribution in [3.05, 3.63) is 47.5 Å². The first-order valence-electron chi connectivity index (χ1n) is 9.18. The van der Waals surface area contributed by atoms with Crippen LogP contribution in [-0.4, -0.2) is 34.0 Å². The molecule has 4 rings (SSSR count). The summed E-state index contributed by atoms with van der Waals surface area (Å²) in [4.78, 5) is 11.7. The van der Waals surface area contributed by atoms with Gasteiger partial charge in [-0.25, -0.2) is 9.97 Å². The number of likely N-dealkylation sites (tertiary alicyclic amines) is 1. The SMILES string of the molecule is Cc1nc(C)c(-c2ccc3cc(CCN4CCC[C@@H]4C)ccc3n2)o1. The molecule has 1 aromatic carbocycles. The molecule has 1 saturated heterocycles. The smallest absolute Gasteiger partial charge is 0.192 e. The average molecular weight is 335 g/mol. The van der Waals surface area contributed by atoms with E-state index in [1.54, 1.807) is 0 Å². The van der Waals surface area contributed by atoms with Gasteiger partial charge < -0.3 is 9.32 Å². The third kappa shape index (κ3) is 3.31. The molecule has 0 aliphatic carbocycles. The van der Waals surface area contributed by atoms with Crippen LogP contribution in [0.2, 0.25) is 0 Å². The summed E-state index contributed by atoms with van der Waals surface area (Å²) in [6.07, 6.45) is 3.78. The molecule has 0 amide bonds. The van der Waals surface area contributed by atoms with E-state index < -0.39 is 0 Å². The minimum atomic E-state index is 0.681. The van der Waals surface area contributed by atoms with E-state index in [1.165, 1.54) is 30.3 Å². The number of rotatable bonds is 4. The van der Waals surface area contributed by atoms with Gasteiger partial charge in [0, 0.05) is 24.9 Å². The highest BCUT2D eigenvalue weighted by Gasteiger charge is 2.19. The summed E-state index contributed by atoms with van der Waals surface area (Å²) in [7, 11) is 0. The Morgan fingerprint density at radius 3 is 2.76 bits per heavy atom. The van der Waals surface area contributed by atoms with Gasteiger partial charge in [0.05, 0.1) is 11.2 Å². The van der Waals surface area contributed by atoms with E-state index in [0.29, 0.717) is 5.89 Å². The first-order chi connectivity index (χ1) is 12.1. The van der Waals surface area contributed by atoms with E-state index in [4.69, 9.17) is 9.40 Å². The number of oxazole rings is 1. The largest absolute Gasteiger partial charge is 0.439 e. The lowest BCUT2D eigenvalue weighted by molar-refractivity contribution is 0.272. The number of pyridine rings is 1. The second-order valence-electron chi connectivity index (χ2n) is 7.15. The summed E-state index contributed by atoms with van der Waals surface area (Å²) in [5, 5.41) is 1.18. The molecule has 1 fully saturated rings. The molecular weight excluding hydrogens is 310 g/mol. The second-order valence-corrected chi connectivity index (χ2v) is 7.15. The zero-order valence-electron chi connectivity index (χ0n) is 15.2. The minimum Gasteiger partial charge on any atom is -0.439 e. The van der Waals surface area contributed by atoms with Crippen LogP contribution in [0.4, 0.5) is 0 Å². The average Bonchev–Trinajstić information content (AvgIpc) is 3.17. The van der Waals surface area contributed by atoms with Crippen molar-refractivity contribution in [3.8, 4) is 11.5 Å². The predicted octanol–water partition coefficient (Wildman–Crippen LogP) is 4.53. The molecule has 3 heterocycles. The van der Waals surface area contributed by atoms with Crippen LogP contribution in [0.5, 0.6) is 0 Å². The number of nitrogens with zero attached hydrogens (tertiary/aromatic N) is 3. The first-order valence-corrected chi connectivity index (χ1v) is 9.18. The molecule has 130 valence electrons. The Labute approximate surface area is 148 Å². The molecule has 0 N–H and O–H groups in total. The summed E-state index contributed by atoms with van der Waals surface area (Å²) in [5.74, 6) is 1.45. The van der Waals surface area contributed by atoms with Gasteiger partial charge >= 0.3 is 0 Å². The molecule has 0 bridgehead atoms. The summed E-state index contributed by atoms with van der Waals surface area (Å²) in [6, 6.07) is 11.5. The quantitative estimate of drug-likeness (QED) is 0.702. The van der Waals surface area contributed by atoms with E-state index >= 15 is 0 Å². The maximum atomic E-state index is 5.70. The van der Waals surface area contributed by atoms with Crippen LogP contribution in [0.1, 0.15) is 36.9 Å². The zero-order chi connectivity index (χ0) is 17.4. The lowest BCUT2D eigenvalue weighted by atomic mass is 10.1. The van der Waals surface area contributed by atoms with Crippen LogP contribution < -0.4 is 0 Å². The van der Waals surface area contributed by atoms with Crippen molar-refractivity contribution in [2.75, 3.05) is 13.1 Å². The zero-order valence-corrected chi connectivity index (χ0v) is 15.2. The third-order valence-electron chi connectivity index (χ3n) is 5.27. The van der Waals surface area contributed by atoms with E-state index in [0.717, 1.165) is 41.7 Å². The van der Waals surface area contributed by atoms with Gasteiger partial charge in [0.25, 0.3) is 0 Å². The third-order valence-corrected chi connectivity index (χ3v) is 5.27. The summed E-state index contributed by atoms with van der Waals surface area (Å²) < 4.78 is 5.70. The summed E-state index contributed by atoms with van der Waals surface area (Å²) in [6.45, 7) is 8.56. The first kappa shape index (κ1) is 16.3. The normalized spacial score (nSPS) is 18.3. The molecule has 0 unspecified atom stereocenters. The van der Waals surface area contributed by atoms with Crippen molar-refractivity contribution in [1.29, 1.82) is 0 Å². The molecule has 0 radical (unpaired) electrons. The van der Waals surface area contributed by atoms with Gasteiger partial charge in [-0.2, -0.15) is 0 Å². The number of aromatic nitrogens is 2. The fourth-order valence-corrected chi connectivity index (χ4v) is 3.82. The Morgan fingerprint density at radius 2 is 2.04 bits per heavy atom. The highest BCUT2D eigenvalue weighted by atomic mass is 16.4. The molecule has 25 heavy (non-hydrogen) atoms. The number of hydrogen-bond donors (Lipinski definition) is 0. The minimum absolute atomic E-state index is 0.681. The Hall–Kier alpha value is -2.20. The van der Waals surface area contributed by atoms with Gasteiger partial charge in [0.2, 0.25) is 0 Å². The lowest BCUT2D eigenvalue weighted by Crippen LogP contribution is -2.28. The van der Waals surface area contributed by atoms with E-state index in [1.807, 2.05) is 19.9 Å². The highest BCUT2D eigenvalue weighted by molar-refractivity contribution is 5.81. The Kier molecular flexibility index (Phi) is 4.30. The molecule has 4 heteroatoms. The molecule has 1 aliphatic rings. The topological polar surface area (TPSA) is 42.2 Å². The standard InChI is InChI=1S/C21H25N3O/c1-14-5-4-11-24(14)12-10-17-6-8-19-18(13-17)7-9-20(23-19)21-15(2)22-16(3)25-21/h6-9,13-14H,4-5,10-12H2,1-3H3/t14-/m0/s1. The van der Waals surface area contributed by atoms with Crippen LogP contribution in [0.25, 0.3) is 22.4 Å². The fraction of sp³-hybridized carbons (Fsp3) is 0.429. The van der Waals surface area contributed by atoms with Crippen molar-refractivity contribution in [1.82, 2.24) is 14.9 Å². The van der Waals surface area contributed by atoms with Crippen molar-refractivity contribution in [3.63, 3.8) is 0 Å². The Morgan fingerprint density at radius 1 is 1.16 bits per heavy atom. The summed E-state index contributed by atoms with van der Waals surface area (Å²) >= 11 is 0. The highest BCUT2D eigenvalue weighted by Crippen LogP contribution is 2.25. The van der Waals surface area contributed by atoms with Gasteiger partial charge in [-0.15, -0.1) is 0 Å². The van der Waals surface area contributed by atoms with E-state index in [-0.39, 0.29) is 0 Å². The number of benzene rings is 1. The molecule has 1 aliphatic heterocycles. The van der Waals surface area contributed by atoms with E-state index in [9.17, 15) is 0 Å². The lowest BCUT2D eigenvalue weighted by Gasteiger charge is -2.20. The number of fused-ring (bicyclic) bond motifs is 1. The summed E-state index contributed by atoms with van der Waals surface area (Å²) in [5.41, 5.74) is 4.13. The van der Waals surface area contributed by atoms with Gasteiger partial charge in [0.1, 0.15) is 5.69 Å². The molecule has 0 spiro atoms. The molecule has 1 atom stereocenters. The van der Waals surface area contributed by atoms with Crippen molar-refractivity contribution in [2.45, 2.75) is 46.1 Å². The van der Waals surface area contributed by atoms with Gasteiger partial charge in [0.15, 0.2) is 11.7 Å². The maximum absolute atomic E-state index is 5.70. The maximum Gasteiger partial charge on any atom is 0.192 e. The Balaban J connectivity index is 1.55. The van der Waals surface area contributed by atoms with Crippen LogP contribution in [0.3, 0.4) is 0 Å².